The largest absolute Gasteiger partial charge is 0.276 e. The lowest BCUT2D eigenvalue weighted by atomic mass is 9.94. The maximum Gasteiger partial charge on any atom is 0.252 e. The third-order valence-electron chi connectivity index (χ3n) is 3.79. The Morgan fingerprint density at radius 1 is 0.789 bits per heavy atom. The molecule has 0 heterocycles. The predicted octanol–water partition coefficient (Wildman–Crippen LogP) is 3.95. The molecule has 2 aromatic carbocycles. The molecule has 96 valence electrons. The molecule has 0 atom stereocenters. The van der Waals surface area contributed by atoms with Crippen LogP contribution in [0.15, 0.2) is 42.5 Å². The minimum Gasteiger partial charge on any atom is -0.276 e. The number of hydrogen-bond donors (Lipinski definition) is 0. The van der Waals surface area contributed by atoms with Crippen molar-refractivity contribution in [3.8, 4) is 0 Å². The number of carbonyl (C=O) groups is 1. The fraction of sp³-hybridized carbons (Fsp3) is 0.235. The minimum atomic E-state index is -0.345. The zero-order valence-corrected chi connectivity index (χ0v) is 11.4. The van der Waals surface area contributed by atoms with Gasteiger partial charge in [0, 0.05) is 5.56 Å². The number of rotatable bonds is 1. The Bertz CT molecular complexity index is 614. The van der Waals surface area contributed by atoms with Crippen molar-refractivity contribution in [3.63, 3.8) is 0 Å². The van der Waals surface area contributed by atoms with Gasteiger partial charge >= 0.3 is 0 Å². The zero-order valence-electron chi connectivity index (χ0n) is 10.7. The van der Waals surface area contributed by atoms with Crippen molar-refractivity contribution in [2.24, 2.45) is 0 Å². The molecule has 4 aliphatic rings. The first-order valence-electron chi connectivity index (χ1n) is 6.62. The van der Waals surface area contributed by atoms with Crippen molar-refractivity contribution in [2.45, 2.75) is 25.7 Å². The Labute approximate surface area is 118 Å². The van der Waals surface area contributed by atoms with Crippen molar-refractivity contribution in [1.29, 1.82) is 0 Å². The zero-order chi connectivity index (χ0) is 13.2. The standard InChI is InChI=1S/C17H15ClO/c18-17(19)16-11-14-6-5-12-1-3-13(4-2-12)7-9-15(16)10-8-14/h1-4,8,10-11H,5-7,9H2. The maximum absolute atomic E-state index is 11.6. The molecular weight excluding hydrogens is 256 g/mol. The molecule has 4 aliphatic carbocycles. The predicted molar refractivity (Wildman–Crippen MR) is 77.9 cm³/mol. The molecule has 2 aromatic rings. The van der Waals surface area contributed by atoms with Crippen LogP contribution >= 0.6 is 11.6 Å². The second-order valence-corrected chi connectivity index (χ2v) is 5.42. The van der Waals surface area contributed by atoms with Crippen LogP contribution in [0.1, 0.15) is 32.6 Å². The summed E-state index contributed by atoms with van der Waals surface area (Å²) in [6.07, 6.45) is 3.73. The molecule has 0 unspecified atom stereocenters. The molecule has 0 radical (unpaired) electrons. The van der Waals surface area contributed by atoms with Crippen LogP contribution in [0, 0.1) is 0 Å². The molecule has 1 nitrogen and oxygen atoms in total. The number of aryl methyl sites for hydroxylation is 4. The van der Waals surface area contributed by atoms with E-state index in [9.17, 15) is 4.79 Å². The van der Waals surface area contributed by atoms with E-state index in [2.05, 4.69) is 36.4 Å². The molecule has 6 rings (SSSR count). The summed E-state index contributed by atoms with van der Waals surface area (Å²) in [5, 5.41) is -0.345. The van der Waals surface area contributed by atoms with Gasteiger partial charge in [0.05, 0.1) is 0 Å². The molecule has 4 bridgehead atoms. The molecule has 0 fully saturated rings. The summed E-state index contributed by atoms with van der Waals surface area (Å²) in [7, 11) is 0. The number of hydrogen-bond acceptors (Lipinski definition) is 1. The quantitative estimate of drug-likeness (QED) is 0.717. The molecule has 19 heavy (non-hydrogen) atoms. The highest BCUT2D eigenvalue weighted by Crippen LogP contribution is 2.20. The van der Waals surface area contributed by atoms with Gasteiger partial charge < -0.3 is 0 Å². The van der Waals surface area contributed by atoms with Gasteiger partial charge in [-0.25, -0.2) is 0 Å². The third kappa shape index (κ3) is 2.71. The molecule has 0 saturated carbocycles. The van der Waals surface area contributed by atoms with Crippen molar-refractivity contribution < 1.29 is 4.79 Å². The van der Waals surface area contributed by atoms with Gasteiger partial charge in [-0.2, -0.15) is 0 Å². The molecule has 0 saturated heterocycles. The minimum absolute atomic E-state index is 0.345. The van der Waals surface area contributed by atoms with Crippen molar-refractivity contribution in [3.05, 3.63) is 70.3 Å². The summed E-state index contributed by atoms with van der Waals surface area (Å²) in [6.45, 7) is 0. The summed E-state index contributed by atoms with van der Waals surface area (Å²) < 4.78 is 0. The van der Waals surface area contributed by atoms with Crippen LogP contribution in [-0.4, -0.2) is 5.24 Å². The van der Waals surface area contributed by atoms with E-state index in [-0.39, 0.29) is 5.24 Å². The van der Waals surface area contributed by atoms with E-state index in [0.29, 0.717) is 5.56 Å². The van der Waals surface area contributed by atoms with Crippen LogP contribution in [0.5, 0.6) is 0 Å². The van der Waals surface area contributed by atoms with E-state index in [1.165, 1.54) is 16.7 Å². The van der Waals surface area contributed by atoms with E-state index in [4.69, 9.17) is 11.6 Å². The lowest BCUT2D eigenvalue weighted by Gasteiger charge is -2.12. The molecule has 0 aliphatic heterocycles. The van der Waals surface area contributed by atoms with E-state index in [1.807, 2.05) is 6.07 Å². The second kappa shape index (κ2) is 5.18. The van der Waals surface area contributed by atoms with Crippen LogP contribution < -0.4 is 0 Å². The van der Waals surface area contributed by atoms with Gasteiger partial charge in [0.15, 0.2) is 0 Å². The SMILES string of the molecule is O=C(Cl)c1cc2ccc1CCc1ccc(cc1)CC2. The number of benzene rings is 2. The lowest BCUT2D eigenvalue weighted by Crippen LogP contribution is -2.04. The average Bonchev–Trinajstić information content (AvgIpc) is 2.41. The van der Waals surface area contributed by atoms with Crippen molar-refractivity contribution >= 4 is 16.8 Å². The summed E-state index contributed by atoms with van der Waals surface area (Å²) in [4.78, 5) is 11.6. The molecule has 0 spiro atoms. The van der Waals surface area contributed by atoms with Gasteiger partial charge in [-0.05, 0) is 65.6 Å². The fourth-order valence-corrected chi connectivity index (χ4v) is 2.80. The smallest absolute Gasteiger partial charge is 0.252 e. The monoisotopic (exact) mass is 270 g/mol. The first-order valence-corrected chi connectivity index (χ1v) is 6.99. The third-order valence-corrected chi connectivity index (χ3v) is 4.00. The van der Waals surface area contributed by atoms with Crippen LogP contribution in [0.2, 0.25) is 0 Å². The number of carbonyl (C=O) groups excluding carboxylic acids is 1. The highest BCUT2D eigenvalue weighted by molar-refractivity contribution is 6.67. The summed E-state index contributed by atoms with van der Waals surface area (Å²) in [5.41, 5.74) is 5.55. The first-order chi connectivity index (χ1) is 9.22. The first kappa shape index (κ1) is 12.4. The normalized spacial score (nSPS) is 13.9. The van der Waals surface area contributed by atoms with E-state index < -0.39 is 0 Å². The van der Waals surface area contributed by atoms with Gasteiger partial charge in [-0.1, -0.05) is 36.4 Å². The van der Waals surface area contributed by atoms with Gasteiger partial charge in [0.25, 0.3) is 5.24 Å². The molecule has 0 aromatic heterocycles. The second-order valence-electron chi connectivity index (χ2n) is 5.08. The summed E-state index contributed by atoms with van der Waals surface area (Å²) in [5.74, 6) is 0. The van der Waals surface area contributed by atoms with Crippen LogP contribution in [0.4, 0.5) is 0 Å². The van der Waals surface area contributed by atoms with Crippen molar-refractivity contribution in [1.82, 2.24) is 0 Å². The highest BCUT2D eigenvalue weighted by atomic mass is 35.5. The van der Waals surface area contributed by atoms with Gasteiger partial charge in [-0.3, -0.25) is 4.79 Å². The van der Waals surface area contributed by atoms with E-state index in [1.54, 1.807) is 0 Å². The van der Waals surface area contributed by atoms with Crippen LogP contribution in [-0.2, 0) is 25.7 Å². The van der Waals surface area contributed by atoms with Gasteiger partial charge in [0.2, 0.25) is 0 Å². The van der Waals surface area contributed by atoms with Gasteiger partial charge in [-0.15, -0.1) is 0 Å². The summed E-state index contributed by atoms with van der Waals surface area (Å²) >= 11 is 5.71. The van der Waals surface area contributed by atoms with Crippen LogP contribution in [0.25, 0.3) is 0 Å². The molecule has 0 N–H and O–H groups in total. The lowest BCUT2D eigenvalue weighted by molar-refractivity contribution is 0.108. The Morgan fingerprint density at radius 2 is 1.32 bits per heavy atom. The summed E-state index contributed by atoms with van der Waals surface area (Å²) in [6, 6.07) is 14.9. The van der Waals surface area contributed by atoms with Crippen molar-refractivity contribution in [2.75, 3.05) is 0 Å². The Balaban J connectivity index is 2.03. The Kier molecular flexibility index (Phi) is 3.39. The Morgan fingerprint density at radius 3 is 1.95 bits per heavy atom. The van der Waals surface area contributed by atoms with Crippen LogP contribution in [0.3, 0.4) is 0 Å². The highest BCUT2D eigenvalue weighted by Gasteiger charge is 2.11. The van der Waals surface area contributed by atoms with E-state index >= 15 is 0 Å². The Hall–Kier alpha value is -1.60. The topological polar surface area (TPSA) is 17.1 Å². The number of halogens is 1. The van der Waals surface area contributed by atoms with Gasteiger partial charge in [0.1, 0.15) is 0 Å². The maximum atomic E-state index is 11.6. The average molecular weight is 271 g/mol. The molecule has 0 amide bonds. The van der Waals surface area contributed by atoms with E-state index in [0.717, 1.165) is 31.2 Å². The fourth-order valence-electron chi connectivity index (χ4n) is 2.62. The molecule has 2 heteroatoms. The molecular formula is C17H15ClO.